The molecule has 0 saturated carbocycles. The topological polar surface area (TPSA) is 323 Å². The Kier molecular flexibility index (Phi) is 9.92. The summed E-state index contributed by atoms with van der Waals surface area (Å²) in [6.07, 6.45) is -29.8. The van der Waals surface area contributed by atoms with Crippen LogP contribution in [-0.2, 0) is 47.4 Å². The molecule has 0 aromatic rings. The van der Waals surface area contributed by atoms with E-state index in [0.29, 0.717) is 0 Å². The summed E-state index contributed by atoms with van der Waals surface area (Å²) in [4.78, 5) is 12.3. The maximum atomic E-state index is 12.3. The molecular formula is C25H38O21. The number of aliphatic carboxylic acids is 1. The predicted octanol–water partition coefficient (Wildman–Crippen LogP) is -8.20. The van der Waals surface area contributed by atoms with Crippen LogP contribution in [0.2, 0.25) is 0 Å². The molecule has 6 saturated heterocycles. The van der Waals surface area contributed by atoms with E-state index in [0.717, 1.165) is 0 Å². The Morgan fingerprint density at radius 2 is 1.24 bits per heavy atom. The molecule has 21 nitrogen and oxygen atoms in total. The number of hydrogen-bond acceptors (Lipinski definition) is 20. The Bertz CT molecular complexity index is 1080. The molecule has 46 heavy (non-hydrogen) atoms. The number of aliphatic hydroxyl groups excluding tert-OH is 10. The van der Waals surface area contributed by atoms with E-state index in [1.165, 1.54) is 0 Å². The van der Waals surface area contributed by atoms with E-state index in [1.807, 2.05) is 0 Å². The van der Waals surface area contributed by atoms with Gasteiger partial charge in [0.15, 0.2) is 18.9 Å². The third-order valence-corrected chi connectivity index (χ3v) is 9.12. The zero-order valence-corrected chi connectivity index (χ0v) is 23.8. The molecule has 0 aromatic heterocycles. The lowest BCUT2D eigenvalue weighted by molar-refractivity contribution is -0.389. The van der Waals surface area contributed by atoms with Gasteiger partial charge in [0.2, 0.25) is 0 Å². The number of rotatable bonds is 9. The van der Waals surface area contributed by atoms with E-state index in [9.17, 15) is 61.0 Å². The molecule has 264 valence electrons. The molecule has 0 radical (unpaired) electrons. The van der Waals surface area contributed by atoms with E-state index in [-0.39, 0.29) is 13.2 Å². The lowest BCUT2D eigenvalue weighted by Gasteiger charge is -2.49. The quantitative estimate of drug-likeness (QED) is 0.108. The maximum absolute atomic E-state index is 12.3. The normalized spacial score (nSPS) is 55.4. The number of carbonyl (C=O) groups is 1. The van der Waals surface area contributed by atoms with Crippen LogP contribution in [0.15, 0.2) is 0 Å². The molecule has 0 aromatic carbocycles. The Hall–Kier alpha value is -1.29. The minimum absolute atomic E-state index is 0.0577. The highest BCUT2D eigenvalue weighted by Crippen LogP contribution is 2.41. The predicted molar refractivity (Wildman–Crippen MR) is 134 cm³/mol. The van der Waals surface area contributed by atoms with Crippen LogP contribution in [0.25, 0.3) is 0 Å². The molecule has 21 heteroatoms. The summed E-state index contributed by atoms with van der Waals surface area (Å²) >= 11 is 0. The summed E-state index contributed by atoms with van der Waals surface area (Å²) < 4.78 is 49.9. The Morgan fingerprint density at radius 1 is 0.652 bits per heavy atom. The minimum atomic E-state index is -3.04. The van der Waals surface area contributed by atoms with E-state index in [4.69, 9.17) is 42.6 Å². The van der Waals surface area contributed by atoms with Crippen LogP contribution >= 0.6 is 0 Å². The van der Waals surface area contributed by atoms with Crippen molar-refractivity contribution < 1.29 is 104 Å². The van der Waals surface area contributed by atoms with Gasteiger partial charge in [0.05, 0.1) is 26.4 Å². The summed E-state index contributed by atoms with van der Waals surface area (Å²) in [6.45, 7) is -2.09. The summed E-state index contributed by atoms with van der Waals surface area (Å²) in [5, 5.41) is 113. The number of ether oxygens (including phenoxy) is 9. The van der Waals surface area contributed by atoms with Crippen molar-refractivity contribution in [2.45, 2.75) is 122 Å². The Labute approximate surface area is 258 Å². The van der Waals surface area contributed by atoms with Gasteiger partial charge in [-0.3, -0.25) is 0 Å². The SMILES string of the molecule is O=C(O)[C@]1(O[C@@H]2[C@H]3OC[C@@H]2O[C@@H](O[C@@H]2[C@@H](O)[C@H](O[C@@H]4[C@H]5OC[C@@H]4O[C@@H](O)[C@H]5O)O[C@H](CO)[C@H]2O)[C@H]3O)O[C@H](CO)[C@H](O)[C@H](O)[C@H]1O. The second kappa shape index (κ2) is 13.2. The molecule has 0 aliphatic carbocycles. The van der Waals surface area contributed by atoms with Gasteiger partial charge >= 0.3 is 5.97 Å². The highest BCUT2D eigenvalue weighted by Gasteiger charge is 2.65. The van der Waals surface area contributed by atoms with Gasteiger partial charge in [0.1, 0.15) is 97.7 Å². The van der Waals surface area contributed by atoms with Crippen molar-refractivity contribution in [2.75, 3.05) is 26.4 Å². The van der Waals surface area contributed by atoms with Crippen molar-refractivity contribution in [3.63, 3.8) is 0 Å². The van der Waals surface area contributed by atoms with Gasteiger partial charge < -0.3 is 98.8 Å². The molecule has 6 fully saturated rings. The highest BCUT2D eigenvalue weighted by molar-refractivity contribution is 5.77. The van der Waals surface area contributed by atoms with Crippen molar-refractivity contribution in [3.05, 3.63) is 0 Å². The minimum Gasteiger partial charge on any atom is -0.477 e. The molecule has 6 rings (SSSR count). The first kappa shape index (κ1) is 34.6. The molecule has 0 spiro atoms. The number of aliphatic hydroxyl groups is 10. The zero-order valence-electron chi connectivity index (χ0n) is 23.8. The monoisotopic (exact) mass is 674 g/mol. The number of hydrogen-bond donors (Lipinski definition) is 11. The van der Waals surface area contributed by atoms with Crippen LogP contribution in [0, 0.1) is 0 Å². The fourth-order valence-electron chi connectivity index (χ4n) is 6.59. The van der Waals surface area contributed by atoms with E-state index < -0.39 is 142 Å². The van der Waals surface area contributed by atoms with Crippen LogP contribution in [-0.4, -0.2) is 211 Å². The van der Waals surface area contributed by atoms with Crippen molar-refractivity contribution in [3.8, 4) is 0 Å². The highest BCUT2D eigenvalue weighted by atomic mass is 16.8. The van der Waals surface area contributed by atoms with Gasteiger partial charge in [-0.25, -0.2) is 4.79 Å². The summed E-state index contributed by atoms with van der Waals surface area (Å²) in [5.74, 6) is -4.98. The smallest absolute Gasteiger partial charge is 0.367 e. The molecule has 6 heterocycles. The lowest BCUT2D eigenvalue weighted by atomic mass is 9.91. The third kappa shape index (κ3) is 5.65. The zero-order chi connectivity index (χ0) is 33.2. The molecule has 0 unspecified atom stereocenters. The summed E-state index contributed by atoms with van der Waals surface area (Å²) in [7, 11) is 0. The van der Waals surface area contributed by atoms with Crippen molar-refractivity contribution in [1.29, 1.82) is 0 Å². The second-order valence-electron chi connectivity index (χ2n) is 11.9. The number of carboxylic acids is 1. The van der Waals surface area contributed by atoms with Gasteiger partial charge in [-0.2, -0.15) is 0 Å². The van der Waals surface area contributed by atoms with Crippen LogP contribution in [0.1, 0.15) is 0 Å². The van der Waals surface area contributed by atoms with Gasteiger partial charge in [-0.1, -0.05) is 0 Å². The van der Waals surface area contributed by atoms with Crippen LogP contribution < -0.4 is 0 Å². The largest absolute Gasteiger partial charge is 0.477 e. The Balaban J connectivity index is 1.16. The van der Waals surface area contributed by atoms with Crippen LogP contribution in [0.4, 0.5) is 0 Å². The average molecular weight is 675 g/mol. The number of fused-ring (bicyclic) bond motifs is 4. The van der Waals surface area contributed by atoms with E-state index >= 15 is 0 Å². The molecule has 6 aliphatic heterocycles. The van der Waals surface area contributed by atoms with Gasteiger partial charge in [0.25, 0.3) is 5.79 Å². The molecule has 20 atom stereocenters. The summed E-state index contributed by atoms with van der Waals surface area (Å²) in [6, 6.07) is 0. The fourth-order valence-corrected chi connectivity index (χ4v) is 6.59. The molecule has 11 N–H and O–H groups in total. The van der Waals surface area contributed by atoms with Gasteiger partial charge in [-0.15, -0.1) is 0 Å². The standard InChI is InChI=1S/C25H38O21/c26-1-5-10(29)17(13(32)22(41-5)43-15-7-3-38-18(15)12(31)21(35)40-7)44-23-14(33)19-16(8(42-23)4-39-19)46-25(24(36)37)20(34)11(30)9(28)6(2-27)45-25/h5-23,26-35H,1-4H2,(H,36,37)/t5-,6-,7+,8+,9+,10-,11+,12+,13-,14+,15+,16+,17+,18+,19+,20-,21-,22+,23+,25+/m1/s1. The third-order valence-electron chi connectivity index (χ3n) is 9.12. The Morgan fingerprint density at radius 3 is 1.87 bits per heavy atom. The molecule has 6 aliphatic rings. The molecular weight excluding hydrogens is 636 g/mol. The molecule has 0 amide bonds. The fraction of sp³-hybridized carbons (Fsp3) is 0.960. The first-order chi connectivity index (χ1) is 21.8. The van der Waals surface area contributed by atoms with Crippen LogP contribution in [0.5, 0.6) is 0 Å². The van der Waals surface area contributed by atoms with Crippen LogP contribution in [0.3, 0.4) is 0 Å². The first-order valence-corrected chi connectivity index (χ1v) is 14.6. The van der Waals surface area contributed by atoms with Crippen molar-refractivity contribution in [2.24, 2.45) is 0 Å². The van der Waals surface area contributed by atoms with E-state index in [2.05, 4.69) is 0 Å². The average Bonchev–Trinajstić information content (AvgIpc) is 3.51. The second-order valence-corrected chi connectivity index (χ2v) is 11.9. The van der Waals surface area contributed by atoms with Crippen molar-refractivity contribution in [1.82, 2.24) is 0 Å². The molecule has 4 bridgehead atoms. The van der Waals surface area contributed by atoms with Gasteiger partial charge in [0, 0.05) is 0 Å². The maximum Gasteiger partial charge on any atom is 0.367 e. The number of carboxylic acid groups (broad SMARTS) is 1. The lowest BCUT2D eigenvalue weighted by Crippen LogP contribution is -2.71. The first-order valence-electron chi connectivity index (χ1n) is 14.6. The summed E-state index contributed by atoms with van der Waals surface area (Å²) in [5.41, 5.74) is 0. The van der Waals surface area contributed by atoms with Crippen molar-refractivity contribution >= 4 is 5.97 Å². The van der Waals surface area contributed by atoms with Gasteiger partial charge in [-0.05, 0) is 0 Å². The van der Waals surface area contributed by atoms with E-state index in [1.54, 1.807) is 0 Å².